The molecule has 0 saturated carbocycles. The first-order valence-corrected chi connectivity index (χ1v) is 35.0. The van der Waals surface area contributed by atoms with Gasteiger partial charge in [0.1, 0.15) is 35.0 Å². The van der Waals surface area contributed by atoms with E-state index in [2.05, 4.69) is 29.7 Å². The first kappa shape index (κ1) is 70.4. The first-order valence-electron chi connectivity index (χ1n) is 35.0. The molecule has 0 N–H and O–H groups in total. The quantitative estimate of drug-likeness (QED) is 0.0682. The minimum absolute atomic E-state index is 0.0904. The largest absolute Gasteiger partial charge is 0.493 e. The van der Waals surface area contributed by atoms with Crippen LogP contribution in [0, 0.1) is 0 Å². The van der Waals surface area contributed by atoms with Crippen molar-refractivity contribution < 1.29 is 99.6 Å². The fourth-order valence-electron chi connectivity index (χ4n) is 16.9. The molecule has 0 saturated heterocycles. The Balaban J connectivity index is 0.000000124. The number of methoxy groups -OCH3 is 9. The predicted molar refractivity (Wildman–Crippen MR) is 387 cm³/mol. The van der Waals surface area contributed by atoms with E-state index in [4.69, 9.17) is 85.3 Å². The maximum Gasteiger partial charge on any atom is 0.343 e. The van der Waals surface area contributed by atoms with Gasteiger partial charge in [0.05, 0.1) is 93.4 Å². The van der Waals surface area contributed by atoms with Gasteiger partial charge in [0.15, 0.2) is 69.0 Å². The van der Waals surface area contributed by atoms with Crippen molar-refractivity contribution in [1.29, 1.82) is 0 Å². The number of pyridine rings is 3. The summed E-state index contributed by atoms with van der Waals surface area (Å²) in [6, 6.07) is 23.6. The average molecular weight is 1470 g/mol. The van der Waals surface area contributed by atoms with Crippen LogP contribution in [0.5, 0.6) is 86.2 Å². The van der Waals surface area contributed by atoms with E-state index in [1.165, 1.54) is 21.3 Å². The number of cyclic esters (lactones) is 3. The van der Waals surface area contributed by atoms with Gasteiger partial charge in [0, 0.05) is 101 Å². The molecule has 3 aromatic heterocycles. The molecule has 0 radical (unpaired) electrons. The van der Waals surface area contributed by atoms with Gasteiger partial charge in [-0.15, -0.1) is 0 Å². The molecule has 0 amide bonds. The van der Waals surface area contributed by atoms with E-state index in [1.807, 2.05) is 88.0 Å². The number of benzene rings is 6. The van der Waals surface area contributed by atoms with Crippen molar-refractivity contribution in [3.05, 3.63) is 177 Å². The van der Waals surface area contributed by atoms with E-state index < -0.39 is 36.2 Å². The van der Waals surface area contributed by atoms with Crippen molar-refractivity contribution >= 4 is 17.9 Å². The molecule has 6 aromatic carbocycles. The standard InChI is InChI=1S/3C27H26N2O7/c1-29-12-9-15-18(14-7-10-28-11-8-14)25-26(35-13-34-25)24(33-4)19(15)21(29)22-16-5-6-17(31-2)23(32-3)20(16)27(30)36-22;1-29-11-9-15-18(14-6-5-10-28-12-14)25-26(35-13-34-25)24(33-4)19(15)21(29)22-16-7-8-17(31-2)23(32-3)20(16)27(30)36-22;1-29-12-10-14-18(16-7-5-6-11-28-16)25-26(35-13-34-25)24(33-4)19(14)21(29)22-15-8-9-17(31-2)23(32-3)20(15)27(30)36-22/h5-8,10-11,21-22H,9,12-13H2,1-4H3;5-8,10,12,21-22H,9,11,13H2,1-4H3;5-9,11,21-22H,10,12-13H2,1-4H3/t3*21-,22+/m111/s1. The lowest BCUT2D eigenvalue weighted by Crippen LogP contribution is -2.36. The van der Waals surface area contributed by atoms with Gasteiger partial charge in [-0.25, -0.2) is 14.4 Å². The molecule has 0 spiro atoms. The molecule has 27 heteroatoms. The molecule has 108 heavy (non-hydrogen) atoms. The number of esters is 3. The Kier molecular flexibility index (Phi) is 18.7. The minimum Gasteiger partial charge on any atom is -0.493 e. The third-order valence-corrected chi connectivity index (χ3v) is 21.5. The van der Waals surface area contributed by atoms with Gasteiger partial charge in [-0.1, -0.05) is 30.3 Å². The fraction of sp³-hybridized carbons (Fsp3) is 0.333. The van der Waals surface area contributed by atoms with Crippen LogP contribution in [0.2, 0.25) is 0 Å². The summed E-state index contributed by atoms with van der Waals surface area (Å²) in [5, 5.41) is 0. The molecule has 558 valence electrons. The Morgan fingerprint density at radius 2 is 0.722 bits per heavy atom. The van der Waals surface area contributed by atoms with Crippen LogP contribution in [0.3, 0.4) is 0 Å². The van der Waals surface area contributed by atoms with E-state index >= 15 is 0 Å². The van der Waals surface area contributed by atoms with E-state index in [0.717, 1.165) is 122 Å². The number of hydrogen-bond donors (Lipinski definition) is 0. The summed E-state index contributed by atoms with van der Waals surface area (Å²) in [7, 11) is 20.1. The summed E-state index contributed by atoms with van der Waals surface area (Å²) in [6.45, 7) is 2.51. The summed E-state index contributed by atoms with van der Waals surface area (Å²) in [5.74, 6) is 6.55. The van der Waals surface area contributed by atoms with Crippen LogP contribution in [0.1, 0.15) is 118 Å². The topological polar surface area (TPSA) is 266 Å². The molecule has 12 heterocycles. The monoisotopic (exact) mass is 1470 g/mol. The molecule has 6 atom stereocenters. The van der Waals surface area contributed by atoms with Crippen molar-refractivity contribution in [3.8, 4) is 120 Å². The molecule has 0 bridgehead atoms. The van der Waals surface area contributed by atoms with Gasteiger partial charge in [-0.3, -0.25) is 29.7 Å². The highest BCUT2D eigenvalue weighted by molar-refractivity contribution is 6.00. The average Bonchev–Trinajstić information content (AvgIpc) is 1.44. The predicted octanol–water partition coefficient (Wildman–Crippen LogP) is 11.8. The van der Waals surface area contributed by atoms with E-state index in [9.17, 15) is 14.4 Å². The van der Waals surface area contributed by atoms with Crippen molar-refractivity contribution in [2.24, 2.45) is 0 Å². The maximum atomic E-state index is 13.2. The lowest BCUT2D eigenvalue weighted by Gasteiger charge is -2.39. The highest BCUT2D eigenvalue weighted by atomic mass is 16.7. The second kappa shape index (κ2) is 28.7. The number of fused-ring (bicyclic) bond motifs is 9. The number of likely N-dealkylation sites (N-methyl/N-ethyl adjacent to an activating group) is 3. The van der Waals surface area contributed by atoms with Gasteiger partial charge in [0.2, 0.25) is 37.6 Å². The van der Waals surface area contributed by atoms with E-state index in [-0.39, 0.29) is 38.5 Å². The molecular weight excluding hydrogens is 1390 g/mol. The summed E-state index contributed by atoms with van der Waals surface area (Å²) in [6.07, 6.45) is 9.31. The van der Waals surface area contributed by atoms with Crippen LogP contribution in [0.25, 0.3) is 33.5 Å². The Morgan fingerprint density at radius 1 is 0.352 bits per heavy atom. The third kappa shape index (κ3) is 11.2. The van der Waals surface area contributed by atoms with Gasteiger partial charge < -0.3 is 85.3 Å². The molecule has 27 nitrogen and oxygen atoms in total. The van der Waals surface area contributed by atoms with Crippen LogP contribution in [-0.4, -0.2) is 173 Å². The van der Waals surface area contributed by atoms with Crippen LogP contribution in [-0.2, 0) is 33.5 Å². The third-order valence-electron chi connectivity index (χ3n) is 21.5. The normalized spacial score (nSPS) is 19.9. The van der Waals surface area contributed by atoms with Crippen molar-refractivity contribution in [3.63, 3.8) is 0 Å². The Bertz CT molecular complexity index is 4570. The Labute approximate surface area is 621 Å². The zero-order chi connectivity index (χ0) is 74.9. The second-order valence-electron chi connectivity index (χ2n) is 26.6. The first-order chi connectivity index (χ1) is 52.7. The summed E-state index contributed by atoms with van der Waals surface area (Å²) >= 11 is 0. The molecule has 9 aliphatic rings. The highest BCUT2D eigenvalue weighted by Crippen LogP contribution is 2.63. The fourth-order valence-corrected chi connectivity index (χ4v) is 16.9. The minimum atomic E-state index is -0.595. The molecule has 9 aliphatic heterocycles. The van der Waals surface area contributed by atoms with Crippen molar-refractivity contribution in [1.82, 2.24) is 29.7 Å². The van der Waals surface area contributed by atoms with Crippen LogP contribution in [0.15, 0.2) is 110 Å². The lowest BCUT2D eigenvalue weighted by atomic mass is 9.81. The molecule has 0 aliphatic carbocycles. The number of carbonyl (C=O) groups is 3. The maximum absolute atomic E-state index is 13.2. The number of rotatable bonds is 15. The number of hydrogen-bond acceptors (Lipinski definition) is 27. The van der Waals surface area contributed by atoms with Gasteiger partial charge in [-0.05, 0) is 111 Å². The number of nitrogens with zero attached hydrogens (tertiary/aromatic N) is 6. The number of ether oxygens (including phenoxy) is 18. The molecule has 18 rings (SSSR count). The highest BCUT2D eigenvalue weighted by Gasteiger charge is 2.52. The second-order valence-corrected chi connectivity index (χ2v) is 26.6. The van der Waals surface area contributed by atoms with Gasteiger partial charge >= 0.3 is 17.9 Å². The summed E-state index contributed by atoms with van der Waals surface area (Å²) in [5.41, 5.74) is 14.8. The van der Waals surface area contributed by atoms with Crippen molar-refractivity contribution in [2.75, 3.05) is 125 Å². The molecule has 0 fully saturated rings. The zero-order valence-electron chi connectivity index (χ0n) is 61.5. The zero-order valence-corrected chi connectivity index (χ0v) is 61.5. The van der Waals surface area contributed by atoms with Gasteiger partial charge in [-0.2, -0.15) is 0 Å². The van der Waals surface area contributed by atoms with Crippen LogP contribution >= 0.6 is 0 Å². The summed E-state index contributed by atoms with van der Waals surface area (Å²) < 4.78 is 105. The SMILES string of the molecule is COc1ccc2c(c1OC)C(=O)O[C@@H]2[C@H]1c2c(c(-c3ccccn3)c3c(c2OC)OCO3)CCN1C.COc1ccc2c(c1OC)C(=O)O[C@@H]2[C@H]1c2c(c(-c3cccnc3)c3c(c2OC)OCO3)CCN1C.COc1ccc2c(c1OC)C(=O)O[C@@H]2[C@H]1c2c(c(-c3ccncc3)c3c(c2OC)OCO3)CCN1C. The molecule has 0 unspecified atom stereocenters. The van der Waals surface area contributed by atoms with Crippen LogP contribution in [0.4, 0.5) is 0 Å². The summed E-state index contributed by atoms with van der Waals surface area (Å²) in [4.78, 5) is 59.1. The smallest absolute Gasteiger partial charge is 0.343 e. The van der Waals surface area contributed by atoms with E-state index in [0.29, 0.717) is 103 Å². The number of aromatic nitrogens is 3. The molecular formula is C81H78N6O21. The number of carbonyl (C=O) groups excluding carboxylic acids is 3. The lowest BCUT2D eigenvalue weighted by molar-refractivity contribution is 0.00809. The van der Waals surface area contributed by atoms with Gasteiger partial charge in [0.25, 0.3) is 0 Å². The Morgan fingerprint density at radius 3 is 1.07 bits per heavy atom. The Hall–Kier alpha value is -11.9. The van der Waals surface area contributed by atoms with Crippen molar-refractivity contribution in [2.45, 2.75) is 55.7 Å². The van der Waals surface area contributed by atoms with Crippen LogP contribution < -0.4 is 71.1 Å². The van der Waals surface area contributed by atoms with E-state index in [1.54, 1.807) is 85.6 Å². The molecule has 9 aromatic rings.